The van der Waals surface area contributed by atoms with Gasteiger partial charge in [-0.1, -0.05) is 38.1 Å². The summed E-state index contributed by atoms with van der Waals surface area (Å²) in [5.41, 5.74) is 1.78. The zero-order valence-electron chi connectivity index (χ0n) is 10.4. The fraction of sp³-hybridized carbons (Fsp3) is 0.429. The molecule has 2 atom stereocenters. The molecule has 1 saturated heterocycles. The summed E-state index contributed by atoms with van der Waals surface area (Å²) in [6, 6.07) is 7.37. The molecule has 0 spiro atoms. The Morgan fingerprint density at radius 2 is 1.83 bits per heavy atom. The molecule has 0 amide bonds. The number of ketones is 1. The van der Waals surface area contributed by atoms with E-state index in [0.717, 1.165) is 6.42 Å². The molecule has 0 saturated carbocycles. The second-order valence-electron chi connectivity index (χ2n) is 4.96. The number of aliphatic hydroxyl groups excluding tert-OH is 1. The fourth-order valence-electron chi connectivity index (χ4n) is 2.03. The third-order valence-corrected chi connectivity index (χ3v) is 2.91. The highest BCUT2D eigenvalue weighted by molar-refractivity contribution is 6.09. The van der Waals surface area contributed by atoms with Crippen LogP contribution >= 0.6 is 0 Å². The number of ether oxygens (including phenoxy) is 1. The number of cyclic esters (lactones) is 1. The Morgan fingerprint density at radius 3 is 2.28 bits per heavy atom. The van der Waals surface area contributed by atoms with E-state index in [0.29, 0.717) is 11.5 Å². The van der Waals surface area contributed by atoms with Crippen molar-refractivity contribution in [2.75, 3.05) is 0 Å². The Balaban J connectivity index is 2.15. The van der Waals surface area contributed by atoms with Crippen LogP contribution < -0.4 is 0 Å². The number of rotatable bonds is 3. The van der Waals surface area contributed by atoms with E-state index in [-0.39, 0.29) is 0 Å². The van der Waals surface area contributed by atoms with Gasteiger partial charge in [0.15, 0.2) is 6.10 Å². The van der Waals surface area contributed by atoms with E-state index >= 15 is 0 Å². The van der Waals surface area contributed by atoms with Crippen LogP contribution in [-0.2, 0) is 20.7 Å². The molecule has 1 fully saturated rings. The van der Waals surface area contributed by atoms with Gasteiger partial charge in [-0.25, -0.2) is 4.79 Å². The van der Waals surface area contributed by atoms with Gasteiger partial charge in [0.2, 0.25) is 11.9 Å². The van der Waals surface area contributed by atoms with Crippen LogP contribution in [0.2, 0.25) is 0 Å². The minimum absolute atomic E-state index is 0.559. The van der Waals surface area contributed by atoms with E-state index in [4.69, 9.17) is 4.74 Å². The summed E-state index contributed by atoms with van der Waals surface area (Å²) in [7, 11) is 0. The number of carbonyl (C=O) groups excluding carboxylic acids is 2. The minimum Gasteiger partial charge on any atom is -0.447 e. The molecule has 1 aromatic carbocycles. The van der Waals surface area contributed by atoms with Crippen LogP contribution in [0.15, 0.2) is 24.3 Å². The van der Waals surface area contributed by atoms with E-state index in [2.05, 4.69) is 13.8 Å². The monoisotopic (exact) mass is 248 g/mol. The lowest BCUT2D eigenvalue weighted by atomic mass is 9.99. The summed E-state index contributed by atoms with van der Waals surface area (Å²) >= 11 is 0. The molecule has 1 heterocycles. The minimum atomic E-state index is -1.63. The summed E-state index contributed by atoms with van der Waals surface area (Å²) in [4.78, 5) is 22.7. The topological polar surface area (TPSA) is 63.6 Å². The van der Waals surface area contributed by atoms with Gasteiger partial charge in [-0.05, 0) is 17.9 Å². The number of carbonyl (C=O) groups is 2. The standard InChI is InChI=1S/C14H16O4/c1-8(2)7-9-3-5-10(6-4-9)13-11(15)12(16)14(17)18-13/h3-6,8,12-13,16H,7H2,1-2H3. The van der Waals surface area contributed by atoms with Crippen LogP contribution in [0.5, 0.6) is 0 Å². The molecule has 4 nitrogen and oxygen atoms in total. The van der Waals surface area contributed by atoms with Gasteiger partial charge in [-0.3, -0.25) is 4.79 Å². The lowest BCUT2D eigenvalue weighted by molar-refractivity contribution is -0.147. The van der Waals surface area contributed by atoms with E-state index in [1.807, 2.05) is 12.1 Å². The maximum absolute atomic E-state index is 11.6. The summed E-state index contributed by atoms with van der Waals surface area (Å²) < 4.78 is 4.85. The Labute approximate surface area is 106 Å². The van der Waals surface area contributed by atoms with E-state index in [1.165, 1.54) is 5.56 Å². The second-order valence-corrected chi connectivity index (χ2v) is 4.96. The molecule has 0 aliphatic carbocycles. The number of hydrogen-bond donors (Lipinski definition) is 1. The number of aliphatic hydroxyl groups is 1. The van der Waals surface area contributed by atoms with E-state index < -0.39 is 24.0 Å². The van der Waals surface area contributed by atoms with Crippen molar-refractivity contribution in [1.29, 1.82) is 0 Å². The van der Waals surface area contributed by atoms with E-state index in [1.54, 1.807) is 12.1 Å². The molecule has 0 bridgehead atoms. The first kappa shape index (κ1) is 12.8. The van der Waals surface area contributed by atoms with Gasteiger partial charge >= 0.3 is 5.97 Å². The van der Waals surface area contributed by atoms with Crippen molar-refractivity contribution in [3.8, 4) is 0 Å². The maximum Gasteiger partial charge on any atom is 0.344 e. The zero-order chi connectivity index (χ0) is 13.3. The van der Waals surface area contributed by atoms with Gasteiger partial charge in [0.1, 0.15) is 0 Å². The third-order valence-electron chi connectivity index (χ3n) is 2.91. The predicted octanol–water partition coefficient (Wildman–Crippen LogP) is 1.41. The van der Waals surface area contributed by atoms with Crippen molar-refractivity contribution >= 4 is 11.8 Å². The molecule has 2 rings (SSSR count). The Kier molecular flexibility index (Phi) is 3.48. The molecule has 0 aromatic heterocycles. The van der Waals surface area contributed by atoms with Crippen molar-refractivity contribution in [2.45, 2.75) is 32.5 Å². The normalized spacial score (nSPS) is 23.6. The van der Waals surface area contributed by atoms with Gasteiger partial charge in [0, 0.05) is 5.56 Å². The van der Waals surface area contributed by atoms with Crippen molar-refractivity contribution in [1.82, 2.24) is 0 Å². The molecule has 1 aliphatic heterocycles. The summed E-state index contributed by atoms with van der Waals surface area (Å²) in [6.45, 7) is 4.26. The van der Waals surface area contributed by atoms with Gasteiger partial charge in [0.25, 0.3) is 0 Å². The van der Waals surface area contributed by atoms with Crippen LogP contribution in [-0.4, -0.2) is 23.0 Å². The molecular formula is C14H16O4. The quantitative estimate of drug-likeness (QED) is 0.649. The number of Topliss-reactive ketones (excluding diaryl/α,β-unsaturated/α-hetero) is 1. The first-order valence-electron chi connectivity index (χ1n) is 6.00. The predicted molar refractivity (Wildman–Crippen MR) is 64.8 cm³/mol. The number of hydrogen-bond acceptors (Lipinski definition) is 4. The lowest BCUT2D eigenvalue weighted by Gasteiger charge is -2.10. The van der Waals surface area contributed by atoms with Gasteiger partial charge in [-0.15, -0.1) is 0 Å². The molecule has 18 heavy (non-hydrogen) atoms. The average Bonchev–Trinajstić information content (AvgIpc) is 2.57. The third kappa shape index (κ3) is 2.43. The highest BCUT2D eigenvalue weighted by Crippen LogP contribution is 2.27. The fourth-order valence-corrected chi connectivity index (χ4v) is 2.03. The highest BCUT2D eigenvalue weighted by atomic mass is 16.6. The Hall–Kier alpha value is -1.68. The number of benzene rings is 1. The molecule has 2 unspecified atom stereocenters. The van der Waals surface area contributed by atoms with Crippen molar-refractivity contribution < 1.29 is 19.4 Å². The molecule has 1 aliphatic rings. The van der Waals surface area contributed by atoms with Crippen molar-refractivity contribution in [2.24, 2.45) is 5.92 Å². The number of esters is 1. The van der Waals surface area contributed by atoms with Gasteiger partial charge in [0.05, 0.1) is 0 Å². The second kappa shape index (κ2) is 4.90. The first-order chi connectivity index (χ1) is 8.49. The smallest absolute Gasteiger partial charge is 0.344 e. The van der Waals surface area contributed by atoms with Gasteiger partial charge in [-0.2, -0.15) is 0 Å². The molecule has 0 radical (unpaired) electrons. The lowest BCUT2D eigenvalue weighted by Crippen LogP contribution is -2.21. The maximum atomic E-state index is 11.6. The molecule has 4 heteroatoms. The zero-order valence-corrected chi connectivity index (χ0v) is 10.4. The molecule has 1 aromatic rings. The van der Waals surface area contributed by atoms with Crippen LogP contribution in [0.4, 0.5) is 0 Å². The van der Waals surface area contributed by atoms with Crippen LogP contribution in [0.1, 0.15) is 31.1 Å². The molecule has 96 valence electrons. The Morgan fingerprint density at radius 1 is 1.22 bits per heavy atom. The average molecular weight is 248 g/mol. The Bertz CT molecular complexity index is 461. The summed E-state index contributed by atoms with van der Waals surface area (Å²) in [5, 5.41) is 9.25. The summed E-state index contributed by atoms with van der Waals surface area (Å²) in [6.07, 6.45) is -1.63. The van der Waals surface area contributed by atoms with Crippen LogP contribution in [0.3, 0.4) is 0 Å². The van der Waals surface area contributed by atoms with Gasteiger partial charge < -0.3 is 9.84 Å². The molecular weight excluding hydrogens is 232 g/mol. The largest absolute Gasteiger partial charge is 0.447 e. The van der Waals surface area contributed by atoms with E-state index in [9.17, 15) is 14.7 Å². The van der Waals surface area contributed by atoms with Crippen LogP contribution in [0.25, 0.3) is 0 Å². The SMILES string of the molecule is CC(C)Cc1ccc(C2OC(=O)C(O)C2=O)cc1. The van der Waals surface area contributed by atoms with Crippen molar-refractivity contribution in [3.05, 3.63) is 35.4 Å². The molecule has 1 N–H and O–H groups in total. The highest BCUT2D eigenvalue weighted by Gasteiger charge is 2.42. The van der Waals surface area contributed by atoms with Crippen LogP contribution in [0, 0.1) is 5.92 Å². The first-order valence-corrected chi connectivity index (χ1v) is 6.00. The summed E-state index contributed by atoms with van der Waals surface area (Å²) in [5.74, 6) is -0.892. The van der Waals surface area contributed by atoms with Crippen molar-refractivity contribution in [3.63, 3.8) is 0 Å².